The molecule has 3 unspecified atom stereocenters. The van der Waals surface area contributed by atoms with Gasteiger partial charge in [0.25, 0.3) is 0 Å². The molecule has 9 N–H and O–H groups in total. The van der Waals surface area contributed by atoms with E-state index in [-0.39, 0.29) is 18.6 Å². The Bertz CT molecular complexity index is 1040. The molecule has 2 rings (SSSR count). The van der Waals surface area contributed by atoms with Crippen LogP contribution in [0.2, 0.25) is 0 Å². The Morgan fingerprint density at radius 2 is 1.51 bits per heavy atom. The maximum absolute atomic E-state index is 13.1. The van der Waals surface area contributed by atoms with E-state index in [2.05, 4.69) is 25.9 Å². The number of nitrogens with one attached hydrogen (secondary N) is 4. The summed E-state index contributed by atoms with van der Waals surface area (Å²) in [5.74, 6) is -5.35. The molecule has 1 aromatic heterocycles. The predicted octanol–water partition coefficient (Wildman–Crippen LogP) is -2.13. The van der Waals surface area contributed by atoms with Crippen molar-refractivity contribution in [3.8, 4) is 5.75 Å². The van der Waals surface area contributed by atoms with Gasteiger partial charge in [-0.05, 0) is 17.7 Å². The maximum Gasteiger partial charge on any atom is 0.326 e. The highest BCUT2D eigenvalue weighted by Gasteiger charge is 2.31. The van der Waals surface area contributed by atoms with Gasteiger partial charge in [-0.2, -0.15) is 0 Å². The molecule has 35 heavy (non-hydrogen) atoms. The highest BCUT2D eigenvalue weighted by molar-refractivity contribution is 5.94. The summed E-state index contributed by atoms with van der Waals surface area (Å²) in [6.07, 6.45) is 1.72. The van der Waals surface area contributed by atoms with Gasteiger partial charge in [0, 0.05) is 24.7 Å². The molecular formula is C21H26N6O8. The van der Waals surface area contributed by atoms with Gasteiger partial charge < -0.3 is 42.0 Å². The molecule has 0 radical (unpaired) electrons. The Labute approximate surface area is 198 Å². The van der Waals surface area contributed by atoms with E-state index >= 15 is 0 Å². The molecule has 1 aromatic carbocycles. The van der Waals surface area contributed by atoms with Crippen LogP contribution in [0.3, 0.4) is 0 Å². The van der Waals surface area contributed by atoms with E-state index < -0.39 is 60.8 Å². The standard InChI is InChI=1S/C21H26N6O8/c22-8-17(29)25-14(5-11-1-3-13(28)4-2-11)19(32)26-15(6-12-9-23-10-24-12)20(33)27-16(21(34)35)7-18(30)31/h1-4,9-10,14-16,28H,5-8,22H2,(H,23,24)(H,25,29)(H,26,32)(H,27,33)(H,30,31)(H,34,35). The zero-order valence-electron chi connectivity index (χ0n) is 18.4. The number of aromatic hydroxyl groups is 1. The summed E-state index contributed by atoms with van der Waals surface area (Å²) in [6, 6.07) is 1.66. The van der Waals surface area contributed by atoms with Crippen LogP contribution in [0.5, 0.6) is 5.75 Å². The molecule has 0 aliphatic heterocycles. The molecule has 14 heteroatoms. The van der Waals surface area contributed by atoms with Gasteiger partial charge in [-0.25, -0.2) is 9.78 Å². The van der Waals surface area contributed by atoms with Crippen LogP contribution in [0.4, 0.5) is 0 Å². The summed E-state index contributed by atoms with van der Waals surface area (Å²) in [5.41, 5.74) is 6.35. The number of hydrogen-bond donors (Lipinski definition) is 8. The van der Waals surface area contributed by atoms with Crippen molar-refractivity contribution in [3.63, 3.8) is 0 Å². The van der Waals surface area contributed by atoms with Crippen molar-refractivity contribution >= 4 is 29.7 Å². The number of phenolic OH excluding ortho intramolecular Hbond substituents is 1. The summed E-state index contributed by atoms with van der Waals surface area (Å²) in [5, 5.41) is 34.6. The van der Waals surface area contributed by atoms with Crippen LogP contribution in [0, 0.1) is 0 Å². The minimum Gasteiger partial charge on any atom is -0.508 e. The summed E-state index contributed by atoms with van der Waals surface area (Å²) in [7, 11) is 0. The molecule has 14 nitrogen and oxygen atoms in total. The number of nitrogens with two attached hydrogens (primary N) is 1. The number of H-pyrrole nitrogens is 1. The van der Waals surface area contributed by atoms with Crippen molar-refractivity contribution in [1.82, 2.24) is 25.9 Å². The van der Waals surface area contributed by atoms with Crippen LogP contribution in [-0.4, -0.2) is 79.6 Å². The van der Waals surface area contributed by atoms with Gasteiger partial charge in [0.2, 0.25) is 17.7 Å². The normalized spacial score (nSPS) is 13.2. The molecule has 1 heterocycles. The maximum atomic E-state index is 13.1. The SMILES string of the molecule is NCC(=O)NC(Cc1ccc(O)cc1)C(=O)NC(Cc1cnc[nH]1)C(=O)NC(CC(=O)O)C(=O)O. The van der Waals surface area contributed by atoms with Crippen molar-refractivity contribution < 1.29 is 39.3 Å². The van der Waals surface area contributed by atoms with Crippen LogP contribution < -0.4 is 21.7 Å². The molecule has 3 atom stereocenters. The Morgan fingerprint density at radius 3 is 2.03 bits per heavy atom. The number of amides is 3. The summed E-state index contributed by atoms with van der Waals surface area (Å²) < 4.78 is 0. The van der Waals surface area contributed by atoms with Crippen molar-refractivity contribution in [2.24, 2.45) is 5.73 Å². The third kappa shape index (κ3) is 8.77. The van der Waals surface area contributed by atoms with Crippen molar-refractivity contribution in [2.75, 3.05) is 6.54 Å². The first-order valence-corrected chi connectivity index (χ1v) is 10.4. The number of benzene rings is 1. The molecule has 0 aliphatic carbocycles. The van der Waals surface area contributed by atoms with E-state index in [0.717, 1.165) is 0 Å². The third-order valence-electron chi connectivity index (χ3n) is 4.82. The lowest BCUT2D eigenvalue weighted by atomic mass is 10.0. The smallest absolute Gasteiger partial charge is 0.326 e. The second-order valence-corrected chi connectivity index (χ2v) is 7.53. The monoisotopic (exact) mass is 490 g/mol. The van der Waals surface area contributed by atoms with Crippen LogP contribution in [-0.2, 0) is 36.8 Å². The molecule has 0 bridgehead atoms. The lowest BCUT2D eigenvalue weighted by Crippen LogP contribution is -2.57. The summed E-state index contributed by atoms with van der Waals surface area (Å²) in [4.78, 5) is 66.7. The number of aromatic nitrogens is 2. The van der Waals surface area contributed by atoms with Crippen LogP contribution in [0.1, 0.15) is 17.7 Å². The summed E-state index contributed by atoms with van der Waals surface area (Å²) >= 11 is 0. The molecule has 2 aromatic rings. The topological polar surface area (TPSA) is 237 Å². The first-order valence-electron chi connectivity index (χ1n) is 10.4. The first kappa shape index (κ1) is 26.8. The number of aromatic amines is 1. The van der Waals surface area contributed by atoms with Crippen LogP contribution in [0.15, 0.2) is 36.8 Å². The van der Waals surface area contributed by atoms with Crippen molar-refractivity contribution in [1.29, 1.82) is 0 Å². The van der Waals surface area contributed by atoms with Crippen LogP contribution in [0.25, 0.3) is 0 Å². The average Bonchev–Trinajstić information content (AvgIpc) is 3.31. The van der Waals surface area contributed by atoms with Gasteiger partial charge in [0.1, 0.15) is 23.9 Å². The first-order chi connectivity index (χ1) is 16.6. The number of carboxylic acids is 2. The number of rotatable bonds is 13. The Balaban J connectivity index is 2.24. The number of imidazole rings is 1. The lowest BCUT2D eigenvalue weighted by Gasteiger charge is -2.24. The molecule has 0 saturated carbocycles. The number of nitrogens with zero attached hydrogens (tertiary/aromatic N) is 1. The molecule has 0 spiro atoms. The highest BCUT2D eigenvalue weighted by Crippen LogP contribution is 2.12. The fourth-order valence-electron chi connectivity index (χ4n) is 3.08. The Morgan fingerprint density at radius 1 is 0.914 bits per heavy atom. The fraction of sp³-hybridized carbons (Fsp3) is 0.333. The van der Waals surface area contributed by atoms with E-state index in [4.69, 9.17) is 10.8 Å². The minimum absolute atomic E-state index is 0.00591. The fourth-order valence-corrected chi connectivity index (χ4v) is 3.08. The Hall–Kier alpha value is -4.46. The van der Waals surface area contributed by atoms with Gasteiger partial charge in [-0.1, -0.05) is 12.1 Å². The van der Waals surface area contributed by atoms with Gasteiger partial charge in [0.15, 0.2) is 0 Å². The third-order valence-corrected chi connectivity index (χ3v) is 4.82. The van der Waals surface area contributed by atoms with Gasteiger partial charge in [-0.15, -0.1) is 0 Å². The summed E-state index contributed by atoms with van der Waals surface area (Å²) in [6.45, 7) is -0.396. The van der Waals surface area contributed by atoms with Gasteiger partial charge in [-0.3, -0.25) is 19.2 Å². The number of hydrogen-bond acceptors (Lipinski definition) is 8. The zero-order valence-corrected chi connectivity index (χ0v) is 18.4. The van der Waals surface area contributed by atoms with E-state index in [1.165, 1.54) is 24.7 Å². The van der Waals surface area contributed by atoms with E-state index in [9.17, 15) is 34.2 Å². The zero-order chi connectivity index (χ0) is 26.0. The number of carbonyl (C=O) groups excluding carboxylic acids is 3. The second-order valence-electron chi connectivity index (χ2n) is 7.53. The molecular weight excluding hydrogens is 464 g/mol. The quantitative estimate of drug-likeness (QED) is 0.152. The second kappa shape index (κ2) is 12.7. The molecule has 0 fully saturated rings. The van der Waals surface area contributed by atoms with Gasteiger partial charge >= 0.3 is 11.9 Å². The molecule has 3 amide bonds. The van der Waals surface area contributed by atoms with E-state index in [1.54, 1.807) is 12.1 Å². The molecule has 0 aliphatic rings. The van der Waals surface area contributed by atoms with Crippen LogP contribution >= 0.6 is 0 Å². The average molecular weight is 490 g/mol. The number of carboxylic acid groups (broad SMARTS) is 2. The van der Waals surface area contributed by atoms with E-state index in [1.807, 2.05) is 0 Å². The lowest BCUT2D eigenvalue weighted by molar-refractivity contribution is -0.147. The number of carbonyl (C=O) groups is 5. The van der Waals surface area contributed by atoms with Crippen molar-refractivity contribution in [3.05, 3.63) is 48.0 Å². The molecule has 0 saturated heterocycles. The highest BCUT2D eigenvalue weighted by atomic mass is 16.4. The Kier molecular flexibility index (Phi) is 9.71. The number of phenols is 1. The van der Waals surface area contributed by atoms with Crippen molar-refractivity contribution in [2.45, 2.75) is 37.4 Å². The van der Waals surface area contributed by atoms with Gasteiger partial charge in [0.05, 0.1) is 19.3 Å². The minimum atomic E-state index is -1.73. The number of aliphatic carboxylic acids is 2. The molecule has 188 valence electrons. The predicted molar refractivity (Wildman–Crippen MR) is 119 cm³/mol. The largest absolute Gasteiger partial charge is 0.508 e. The van der Waals surface area contributed by atoms with E-state index in [0.29, 0.717) is 11.3 Å².